The van der Waals surface area contributed by atoms with Crippen molar-refractivity contribution in [2.75, 3.05) is 17.3 Å². The monoisotopic (exact) mass is 310 g/mol. The first-order chi connectivity index (χ1) is 11.1. The summed E-state index contributed by atoms with van der Waals surface area (Å²) < 4.78 is 5.11. The molecule has 0 saturated carbocycles. The summed E-state index contributed by atoms with van der Waals surface area (Å²) in [7, 11) is 1.60. The van der Waals surface area contributed by atoms with Gasteiger partial charge in [-0.05, 0) is 48.9 Å². The number of anilines is 2. The maximum Gasteiger partial charge on any atom is 0.256 e. The minimum atomic E-state index is -0.545. The molecular weight excluding hydrogens is 292 g/mol. The summed E-state index contributed by atoms with van der Waals surface area (Å²) in [4.78, 5) is 26.1. The van der Waals surface area contributed by atoms with E-state index in [9.17, 15) is 9.59 Å². The molecule has 0 aliphatic carbocycles. The highest BCUT2D eigenvalue weighted by Gasteiger charge is 2.39. The van der Waals surface area contributed by atoms with Gasteiger partial charge in [0.25, 0.3) is 5.91 Å². The zero-order valence-electron chi connectivity index (χ0n) is 13.1. The first-order valence-electron chi connectivity index (χ1n) is 7.42. The van der Waals surface area contributed by atoms with Gasteiger partial charge >= 0.3 is 0 Å². The fourth-order valence-corrected chi connectivity index (χ4v) is 2.67. The van der Waals surface area contributed by atoms with Gasteiger partial charge in [-0.25, -0.2) is 4.90 Å². The summed E-state index contributed by atoms with van der Waals surface area (Å²) in [5, 5.41) is 3.12. The van der Waals surface area contributed by atoms with Gasteiger partial charge in [-0.3, -0.25) is 9.59 Å². The zero-order chi connectivity index (χ0) is 16.4. The number of nitrogens with zero attached hydrogens (tertiary/aromatic N) is 1. The van der Waals surface area contributed by atoms with Crippen molar-refractivity contribution in [2.45, 2.75) is 19.4 Å². The van der Waals surface area contributed by atoms with Crippen molar-refractivity contribution in [3.63, 3.8) is 0 Å². The minimum absolute atomic E-state index is 0.152. The molecule has 0 radical (unpaired) electrons. The Balaban J connectivity index is 1.78. The van der Waals surface area contributed by atoms with E-state index in [-0.39, 0.29) is 18.2 Å². The van der Waals surface area contributed by atoms with Crippen LogP contribution in [0.5, 0.6) is 5.75 Å². The molecule has 2 aromatic rings. The second-order valence-corrected chi connectivity index (χ2v) is 5.54. The molecular formula is C18H18N2O3. The number of carbonyl (C=O) groups is 2. The Labute approximate surface area is 134 Å². The molecule has 1 N–H and O–H groups in total. The van der Waals surface area contributed by atoms with Crippen LogP contribution < -0.4 is 15.0 Å². The number of hydrogen-bond acceptors (Lipinski definition) is 4. The lowest BCUT2D eigenvalue weighted by atomic mass is 10.2. The third-order valence-corrected chi connectivity index (χ3v) is 3.84. The van der Waals surface area contributed by atoms with E-state index >= 15 is 0 Å². The lowest BCUT2D eigenvalue weighted by molar-refractivity contribution is -0.121. The molecule has 1 atom stereocenters. The predicted octanol–water partition coefficient (Wildman–Crippen LogP) is 2.75. The number of ether oxygens (including phenoxy) is 1. The van der Waals surface area contributed by atoms with Crippen molar-refractivity contribution in [3.05, 3.63) is 54.1 Å². The number of benzene rings is 2. The number of methoxy groups -OCH3 is 1. The van der Waals surface area contributed by atoms with Gasteiger partial charge in [0.2, 0.25) is 5.91 Å². The lowest BCUT2D eigenvalue weighted by Gasteiger charge is -2.16. The van der Waals surface area contributed by atoms with Crippen LogP contribution in [-0.2, 0) is 9.59 Å². The molecule has 3 rings (SSSR count). The van der Waals surface area contributed by atoms with E-state index in [0.717, 1.165) is 17.0 Å². The van der Waals surface area contributed by atoms with Crippen LogP contribution in [0.4, 0.5) is 11.4 Å². The molecule has 1 aliphatic heterocycles. The Kier molecular flexibility index (Phi) is 4.02. The van der Waals surface area contributed by atoms with E-state index in [1.807, 2.05) is 49.4 Å². The Morgan fingerprint density at radius 1 is 1.13 bits per heavy atom. The van der Waals surface area contributed by atoms with Crippen LogP contribution in [0.2, 0.25) is 0 Å². The van der Waals surface area contributed by atoms with Crippen molar-refractivity contribution in [1.29, 1.82) is 0 Å². The van der Waals surface area contributed by atoms with Crippen molar-refractivity contribution in [2.24, 2.45) is 0 Å². The Bertz CT molecular complexity index is 740. The average molecular weight is 310 g/mol. The quantitative estimate of drug-likeness (QED) is 0.882. The molecule has 0 aromatic heterocycles. The van der Waals surface area contributed by atoms with Crippen LogP contribution in [-0.4, -0.2) is 25.0 Å². The highest BCUT2D eigenvalue weighted by Crippen LogP contribution is 2.26. The molecule has 118 valence electrons. The molecule has 0 unspecified atom stereocenters. The van der Waals surface area contributed by atoms with Crippen LogP contribution in [0.3, 0.4) is 0 Å². The van der Waals surface area contributed by atoms with E-state index in [0.29, 0.717) is 5.69 Å². The summed E-state index contributed by atoms with van der Waals surface area (Å²) in [6, 6.07) is 14.1. The second kappa shape index (κ2) is 6.12. The number of carbonyl (C=O) groups excluding carboxylic acids is 2. The van der Waals surface area contributed by atoms with Gasteiger partial charge in [0.15, 0.2) is 0 Å². The molecule has 1 fully saturated rings. The molecule has 0 bridgehead atoms. The van der Waals surface area contributed by atoms with Gasteiger partial charge in [-0.2, -0.15) is 0 Å². The second-order valence-electron chi connectivity index (χ2n) is 5.54. The molecule has 23 heavy (non-hydrogen) atoms. The highest BCUT2D eigenvalue weighted by molar-refractivity contribution is 6.23. The zero-order valence-corrected chi connectivity index (χ0v) is 13.1. The SMILES string of the molecule is COc1ccc(N[C@@H]2CC(=O)N(c3cccc(C)c3)C2=O)cc1. The topological polar surface area (TPSA) is 58.6 Å². The first-order valence-corrected chi connectivity index (χ1v) is 7.42. The van der Waals surface area contributed by atoms with Crippen molar-refractivity contribution in [3.8, 4) is 5.75 Å². The molecule has 2 aromatic carbocycles. The Morgan fingerprint density at radius 2 is 1.87 bits per heavy atom. The molecule has 0 spiro atoms. The van der Waals surface area contributed by atoms with E-state index in [1.165, 1.54) is 4.90 Å². The van der Waals surface area contributed by atoms with Gasteiger partial charge in [0.05, 0.1) is 19.2 Å². The maximum atomic E-state index is 12.6. The fraction of sp³-hybridized carbons (Fsp3) is 0.222. The van der Waals surface area contributed by atoms with E-state index < -0.39 is 6.04 Å². The third-order valence-electron chi connectivity index (χ3n) is 3.84. The molecule has 5 heteroatoms. The van der Waals surface area contributed by atoms with Gasteiger partial charge in [-0.15, -0.1) is 0 Å². The normalized spacial score (nSPS) is 17.5. The van der Waals surface area contributed by atoms with E-state index in [1.54, 1.807) is 13.2 Å². The average Bonchev–Trinajstić information content (AvgIpc) is 2.82. The smallest absolute Gasteiger partial charge is 0.256 e. The number of nitrogens with one attached hydrogen (secondary N) is 1. The van der Waals surface area contributed by atoms with E-state index in [4.69, 9.17) is 4.74 Å². The predicted molar refractivity (Wildman–Crippen MR) is 88.7 cm³/mol. The summed E-state index contributed by atoms with van der Waals surface area (Å²) >= 11 is 0. The van der Waals surface area contributed by atoms with Crippen molar-refractivity contribution >= 4 is 23.2 Å². The minimum Gasteiger partial charge on any atom is -0.497 e. The van der Waals surface area contributed by atoms with Crippen LogP contribution in [0.25, 0.3) is 0 Å². The fourth-order valence-electron chi connectivity index (χ4n) is 2.67. The number of hydrogen-bond donors (Lipinski definition) is 1. The molecule has 5 nitrogen and oxygen atoms in total. The molecule has 2 amide bonds. The van der Waals surface area contributed by atoms with Crippen LogP contribution in [0, 0.1) is 6.92 Å². The molecule has 1 aliphatic rings. The largest absolute Gasteiger partial charge is 0.497 e. The Morgan fingerprint density at radius 3 is 2.52 bits per heavy atom. The van der Waals surface area contributed by atoms with Gasteiger partial charge < -0.3 is 10.1 Å². The molecule has 1 saturated heterocycles. The number of aryl methyl sites for hydroxylation is 1. The Hall–Kier alpha value is -2.82. The van der Waals surface area contributed by atoms with Crippen LogP contribution in [0.1, 0.15) is 12.0 Å². The van der Waals surface area contributed by atoms with Gasteiger partial charge in [-0.1, -0.05) is 12.1 Å². The highest BCUT2D eigenvalue weighted by atomic mass is 16.5. The van der Waals surface area contributed by atoms with E-state index in [2.05, 4.69) is 5.32 Å². The van der Waals surface area contributed by atoms with Gasteiger partial charge in [0.1, 0.15) is 11.8 Å². The maximum absolute atomic E-state index is 12.6. The summed E-state index contributed by atoms with van der Waals surface area (Å²) in [5.41, 5.74) is 2.41. The summed E-state index contributed by atoms with van der Waals surface area (Å²) in [6.07, 6.45) is 0.152. The van der Waals surface area contributed by atoms with Crippen LogP contribution in [0.15, 0.2) is 48.5 Å². The third kappa shape index (κ3) is 3.04. The van der Waals surface area contributed by atoms with Crippen LogP contribution >= 0.6 is 0 Å². The molecule has 1 heterocycles. The lowest BCUT2D eigenvalue weighted by Crippen LogP contribution is -2.34. The number of amides is 2. The summed E-state index contributed by atoms with van der Waals surface area (Å²) in [5.74, 6) is 0.328. The van der Waals surface area contributed by atoms with Gasteiger partial charge in [0, 0.05) is 5.69 Å². The van der Waals surface area contributed by atoms with Crippen molar-refractivity contribution in [1.82, 2.24) is 0 Å². The number of imide groups is 1. The standard InChI is InChI=1S/C18H18N2O3/c1-12-4-3-5-14(10-12)20-17(21)11-16(18(20)22)19-13-6-8-15(23-2)9-7-13/h3-10,16,19H,11H2,1-2H3/t16-/m1/s1. The number of rotatable bonds is 4. The summed E-state index contributed by atoms with van der Waals surface area (Å²) in [6.45, 7) is 1.93. The van der Waals surface area contributed by atoms with Crippen molar-refractivity contribution < 1.29 is 14.3 Å². The first kappa shape index (κ1) is 15.1.